The van der Waals surface area contributed by atoms with Crippen LogP contribution in [0.2, 0.25) is 0 Å². The van der Waals surface area contributed by atoms with E-state index in [0.717, 1.165) is 51.5 Å². The molecule has 12 aromatic rings. The maximum Gasteiger partial charge on any atom is 3.00 e. The molecule has 0 unspecified atom stereocenters. The van der Waals surface area contributed by atoms with Crippen LogP contribution in [0.4, 0.5) is 0 Å². The van der Waals surface area contributed by atoms with Gasteiger partial charge in [-0.1, -0.05) is 84.4 Å². The fraction of sp³-hybridized carbons (Fsp3) is 0.0172. The molecule has 12 rings (SSSR count). The summed E-state index contributed by atoms with van der Waals surface area (Å²) in [5.74, 6) is 0.927. The Balaban J connectivity index is 0.000000202. The van der Waals surface area contributed by atoms with Gasteiger partial charge in [-0.2, -0.15) is 24.3 Å². The van der Waals surface area contributed by atoms with Crippen LogP contribution in [0.5, 0.6) is 0 Å². The number of pyridine rings is 3. The molecule has 0 radical (unpaired) electrons. The van der Waals surface area contributed by atoms with E-state index in [1.54, 1.807) is 0 Å². The largest absolute Gasteiger partial charge is 3.00 e. The molecule has 5 aromatic heterocycles. The van der Waals surface area contributed by atoms with E-state index in [1.165, 1.54) is 54.8 Å². The van der Waals surface area contributed by atoms with Crippen molar-refractivity contribution in [1.82, 2.24) is 24.1 Å². The van der Waals surface area contributed by atoms with Crippen LogP contribution < -0.4 is 0 Å². The van der Waals surface area contributed by atoms with Gasteiger partial charge in [-0.25, -0.2) is 4.98 Å². The second-order valence-corrected chi connectivity index (χ2v) is 15.4. The minimum Gasteiger partial charge on any atom is -0.319 e. The fourth-order valence-electron chi connectivity index (χ4n) is 8.72. The fourth-order valence-corrected chi connectivity index (χ4v) is 8.72. The zero-order valence-corrected chi connectivity index (χ0v) is 37.0. The van der Waals surface area contributed by atoms with Crippen LogP contribution in [0.1, 0.15) is 11.1 Å². The zero-order valence-electron chi connectivity index (χ0n) is 34.6. The average Bonchev–Trinajstić information content (AvgIpc) is 3.88. The third-order valence-electron chi connectivity index (χ3n) is 11.5. The van der Waals surface area contributed by atoms with Crippen LogP contribution in [-0.4, -0.2) is 24.1 Å². The van der Waals surface area contributed by atoms with Crippen molar-refractivity contribution in [3.63, 3.8) is 0 Å². The summed E-state index contributed by atoms with van der Waals surface area (Å²) in [4.78, 5) is 13.7. The molecule has 64 heavy (non-hydrogen) atoms. The zero-order chi connectivity index (χ0) is 42.0. The molecule has 0 saturated carbocycles. The number of aromatic nitrogens is 5. The molecule has 0 aliphatic heterocycles. The van der Waals surface area contributed by atoms with Crippen molar-refractivity contribution in [2.75, 3.05) is 0 Å². The van der Waals surface area contributed by atoms with E-state index in [4.69, 9.17) is 0 Å². The molecule has 0 bridgehead atoms. The second-order valence-electron chi connectivity index (χ2n) is 15.4. The standard InChI is InChI=1S/C41H27N3.C17H11N2.Ir/c1-3-12-31(13-4-1)38-28-32(22-24-43-38)35-17-10-19-40-41(35)36-27-30(20-21-39(36)44(40)34-15-5-2-6-16-34)25-29-11-9-14-33(26-29)37-18-7-8-23-42-37;1-3-9-15-13(7-1)14-8-2-4-10-16(14)19(15)17-11-5-6-12-18-17;/h1-12,15-24,26-28H,25H2;1-9,11-12H;/q-2;-1;+3. The van der Waals surface area contributed by atoms with Crippen LogP contribution in [0, 0.1) is 18.2 Å². The third kappa shape index (κ3) is 7.71. The summed E-state index contributed by atoms with van der Waals surface area (Å²) in [5.41, 5.74) is 14.4. The molecule has 304 valence electrons. The summed E-state index contributed by atoms with van der Waals surface area (Å²) in [5, 5.41) is 4.91. The van der Waals surface area contributed by atoms with Crippen molar-refractivity contribution in [3.05, 3.63) is 248 Å². The SMILES string of the molecule is [Ir+3].[c-]1cccc2c3ccccc3n(-c3ccccn3)c12.[c-]1ccccc1-c1cc(-c2cccc3c2c2cc(Cc4cc[c-]c(-c5ccccn5)c4)ccc2n3-c2ccccc2)ccn1. The predicted molar refractivity (Wildman–Crippen MR) is 257 cm³/mol. The Labute approximate surface area is 385 Å². The molecule has 0 saturated heterocycles. The van der Waals surface area contributed by atoms with Gasteiger partial charge in [0.05, 0.1) is 11.0 Å². The van der Waals surface area contributed by atoms with Gasteiger partial charge in [-0.15, -0.1) is 76.7 Å². The van der Waals surface area contributed by atoms with Crippen molar-refractivity contribution in [2.45, 2.75) is 6.42 Å². The predicted octanol–water partition coefficient (Wildman–Crippen LogP) is 13.7. The first-order valence-corrected chi connectivity index (χ1v) is 21.1. The molecule has 0 aliphatic rings. The van der Waals surface area contributed by atoms with Crippen molar-refractivity contribution >= 4 is 43.6 Å². The van der Waals surface area contributed by atoms with Crippen LogP contribution in [0.3, 0.4) is 0 Å². The monoisotopic (exact) mass is 997 g/mol. The summed E-state index contributed by atoms with van der Waals surface area (Å²) < 4.78 is 4.53. The van der Waals surface area contributed by atoms with Crippen LogP contribution in [-0.2, 0) is 26.5 Å². The molecule has 0 aliphatic carbocycles. The van der Waals surface area contributed by atoms with Gasteiger partial charge in [0.1, 0.15) is 5.82 Å². The summed E-state index contributed by atoms with van der Waals surface area (Å²) in [6.45, 7) is 0. The number of para-hydroxylation sites is 3. The van der Waals surface area contributed by atoms with Crippen molar-refractivity contribution in [3.8, 4) is 45.1 Å². The Morgan fingerprint density at radius 3 is 2.00 bits per heavy atom. The molecule has 0 N–H and O–H groups in total. The van der Waals surface area contributed by atoms with Gasteiger partial charge in [-0.3, -0.25) is 0 Å². The molecular weight excluding hydrogens is 959 g/mol. The van der Waals surface area contributed by atoms with Gasteiger partial charge >= 0.3 is 20.1 Å². The van der Waals surface area contributed by atoms with Crippen LogP contribution in [0.25, 0.3) is 88.8 Å². The summed E-state index contributed by atoms with van der Waals surface area (Å²) in [6.07, 6.45) is 6.36. The first-order valence-electron chi connectivity index (χ1n) is 21.1. The Morgan fingerprint density at radius 1 is 0.422 bits per heavy atom. The van der Waals surface area contributed by atoms with Gasteiger partial charge in [0.2, 0.25) is 0 Å². The molecular formula is C58H38IrN5. The molecule has 0 amide bonds. The van der Waals surface area contributed by atoms with Gasteiger partial charge in [0.25, 0.3) is 0 Å². The number of nitrogens with zero attached hydrogens (tertiary/aromatic N) is 5. The maximum atomic E-state index is 4.68. The van der Waals surface area contributed by atoms with Gasteiger partial charge < -0.3 is 19.1 Å². The molecule has 0 atom stereocenters. The van der Waals surface area contributed by atoms with E-state index >= 15 is 0 Å². The molecule has 0 spiro atoms. The number of hydrogen-bond acceptors (Lipinski definition) is 3. The number of fused-ring (bicyclic) bond motifs is 6. The summed E-state index contributed by atoms with van der Waals surface area (Å²) in [6, 6.07) is 79.2. The first-order chi connectivity index (χ1) is 31.3. The van der Waals surface area contributed by atoms with Crippen LogP contribution in [0.15, 0.2) is 219 Å². The minimum atomic E-state index is 0. The second kappa shape index (κ2) is 17.9. The van der Waals surface area contributed by atoms with E-state index in [-0.39, 0.29) is 20.1 Å². The van der Waals surface area contributed by atoms with Crippen LogP contribution >= 0.6 is 0 Å². The number of rotatable bonds is 7. The van der Waals surface area contributed by atoms with E-state index < -0.39 is 0 Å². The summed E-state index contributed by atoms with van der Waals surface area (Å²) >= 11 is 0. The Kier molecular flexibility index (Phi) is 11.3. The topological polar surface area (TPSA) is 48.5 Å². The van der Waals surface area contributed by atoms with Crippen molar-refractivity contribution in [2.24, 2.45) is 0 Å². The third-order valence-corrected chi connectivity index (χ3v) is 11.5. The normalized spacial score (nSPS) is 11.1. The van der Waals surface area contributed by atoms with Gasteiger partial charge in [0, 0.05) is 40.6 Å². The average molecular weight is 997 g/mol. The Morgan fingerprint density at radius 2 is 1.16 bits per heavy atom. The summed E-state index contributed by atoms with van der Waals surface area (Å²) in [7, 11) is 0. The molecule has 5 nitrogen and oxygen atoms in total. The van der Waals surface area contributed by atoms with Gasteiger partial charge in [-0.05, 0) is 101 Å². The molecule has 6 heteroatoms. The van der Waals surface area contributed by atoms with E-state index in [0.29, 0.717) is 0 Å². The van der Waals surface area contributed by atoms with Crippen molar-refractivity contribution in [1.29, 1.82) is 0 Å². The van der Waals surface area contributed by atoms with Gasteiger partial charge in [0.15, 0.2) is 0 Å². The van der Waals surface area contributed by atoms with E-state index in [9.17, 15) is 0 Å². The first kappa shape index (κ1) is 40.3. The Hall–Kier alpha value is -7.76. The van der Waals surface area contributed by atoms with E-state index in [1.807, 2.05) is 91.4 Å². The van der Waals surface area contributed by atoms with Crippen molar-refractivity contribution < 1.29 is 20.1 Å². The Bertz CT molecular complexity index is 3470. The molecule has 0 fully saturated rings. The number of hydrogen-bond donors (Lipinski definition) is 0. The smallest absolute Gasteiger partial charge is 0.319 e. The minimum absolute atomic E-state index is 0. The molecule has 5 heterocycles. The molecule has 7 aromatic carbocycles. The van der Waals surface area contributed by atoms with E-state index in [2.05, 4.69) is 170 Å². The number of benzene rings is 7. The quantitative estimate of drug-likeness (QED) is 0.150. The maximum absolute atomic E-state index is 4.68.